The van der Waals surface area contributed by atoms with E-state index in [1.165, 1.54) is 30.7 Å². The number of alkyl halides is 1. The van der Waals surface area contributed by atoms with Crippen LogP contribution in [-0.4, -0.2) is 153 Å². The summed E-state index contributed by atoms with van der Waals surface area (Å²) in [7, 11) is -1.52. The van der Waals surface area contributed by atoms with Gasteiger partial charge in [-0.15, -0.1) is 5.10 Å². The minimum absolute atomic E-state index is 0.0549. The first-order chi connectivity index (χ1) is 32.2. The van der Waals surface area contributed by atoms with Crippen molar-refractivity contribution in [3.8, 4) is 0 Å². The Morgan fingerprint density at radius 1 is 1.07 bits per heavy atom. The molecule has 5 rings (SSSR count). The van der Waals surface area contributed by atoms with Gasteiger partial charge in [0.05, 0.1) is 41.0 Å². The second kappa shape index (κ2) is 22.9. The smallest absolute Gasteiger partial charge is 0.316 e. The van der Waals surface area contributed by atoms with E-state index in [4.69, 9.17) is 14.2 Å². The lowest BCUT2D eigenvalue weighted by atomic mass is 9.65. The molecule has 2 aliphatic heterocycles. The average molecular weight is 992 g/mol. The zero-order valence-electron chi connectivity index (χ0n) is 42.4. The zero-order valence-corrected chi connectivity index (χ0v) is 43.2. The number of aliphatic imine (C=N–C) groups is 1. The third-order valence-electron chi connectivity index (χ3n) is 15.5. The Morgan fingerprint density at radius 3 is 2.33 bits per heavy atom. The van der Waals surface area contributed by atoms with Crippen molar-refractivity contribution in [2.24, 2.45) is 40.0 Å². The van der Waals surface area contributed by atoms with Crippen LogP contribution < -0.4 is 0 Å². The number of rotatable bonds is 13. The van der Waals surface area contributed by atoms with E-state index in [1.54, 1.807) is 39.1 Å². The summed E-state index contributed by atoms with van der Waals surface area (Å²) in [6, 6.07) is 5.12. The maximum atomic E-state index is 14.7. The Labute approximate surface area is 407 Å². The van der Waals surface area contributed by atoms with Crippen LogP contribution in [0.5, 0.6) is 0 Å². The standard InChI is InChI=1S/C50H78FN5O12S/c1-12-41-49(9,62)39-17-19-50(63,28-57)21-20-48(8,25-29(2)42(31(39)4)52-34(7)58)45(32(5)43(59)33(6)46(61)67-41)68-47-44(60)40(23-30(3)66-47)55(10)22-18-36-27-56(54-53-36)37(26-51)24-35-13-15-38(16-14-35)69(11,64)65/h13-16,27,29-33,37,39-41,44-45,47,57,60,62-63H,12,17-26,28H2,1-11H3/b52-42+/t29-,30-,31-,32+,33-,37+,39-,40+,41-,44-,45-,47+,48-,49+,50?/m1/s1. The van der Waals surface area contributed by atoms with E-state index in [0.29, 0.717) is 30.8 Å². The highest BCUT2D eigenvalue weighted by Crippen LogP contribution is 2.48. The molecule has 2 saturated heterocycles. The maximum Gasteiger partial charge on any atom is 0.316 e. The molecule has 1 unspecified atom stereocenters. The number of aromatic nitrogens is 3. The second-order valence-electron chi connectivity index (χ2n) is 21.1. The summed E-state index contributed by atoms with van der Waals surface area (Å²) >= 11 is 0. The Bertz CT molecular complexity index is 2230. The van der Waals surface area contributed by atoms with Crippen molar-refractivity contribution in [3.63, 3.8) is 0 Å². The summed E-state index contributed by atoms with van der Waals surface area (Å²) in [5.74, 6) is -5.77. The van der Waals surface area contributed by atoms with Gasteiger partial charge in [0.2, 0.25) is 5.91 Å². The van der Waals surface area contributed by atoms with Crippen LogP contribution in [0.15, 0.2) is 40.4 Å². The van der Waals surface area contributed by atoms with E-state index in [0.717, 1.165) is 11.8 Å². The number of aliphatic hydroxyl groups is 4. The molecule has 388 valence electrons. The molecule has 3 aliphatic rings. The largest absolute Gasteiger partial charge is 0.459 e. The molecular weight excluding hydrogens is 914 g/mol. The van der Waals surface area contributed by atoms with E-state index in [9.17, 15) is 47.6 Å². The normalized spacial score (nSPS) is 36.6. The molecular formula is C50H78FN5O12S. The van der Waals surface area contributed by atoms with Gasteiger partial charge in [0, 0.05) is 55.9 Å². The fraction of sp³-hybridized carbons (Fsp3) is 0.760. The fourth-order valence-corrected chi connectivity index (χ4v) is 11.9. The molecule has 3 heterocycles. The minimum atomic E-state index is -3.38. The second-order valence-corrected chi connectivity index (χ2v) is 23.1. The summed E-state index contributed by atoms with van der Waals surface area (Å²) in [4.78, 5) is 48.2. The Balaban J connectivity index is 1.46. The number of cyclic esters (lactones) is 1. The molecule has 1 saturated carbocycles. The van der Waals surface area contributed by atoms with Crippen molar-refractivity contribution in [1.29, 1.82) is 0 Å². The third-order valence-corrected chi connectivity index (χ3v) is 16.7. The van der Waals surface area contributed by atoms with Crippen molar-refractivity contribution in [1.82, 2.24) is 19.9 Å². The van der Waals surface area contributed by atoms with Gasteiger partial charge >= 0.3 is 5.97 Å². The van der Waals surface area contributed by atoms with Crippen molar-refractivity contribution >= 4 is 33.2 Å². The van der Waals surface area contributed by atoms with E-state index in [1.807, 2.05) is 39.6 Å². The van der Waals surface area contributed by atoms with Gasteiger partial charge in [0.25, 0.3) is 0 Å². The number of ketones is 1. The molecule has 3 fully saturated rings. The van der Waals surface area contributed by atoms with Crippen LogP contribution in [0.4, 0.5) is 4.39 Å². The molecule has 2 aromatic rings. The van der Waals surface area contributed by atoms with Gasteiger partial charge in [0.1, 0.15) is 30.4 Å². The number of ether oxygens (including phenoxy) is 3. The lowest BCUT2D eigenvalue weighted by molar-refractivity contribution is -0.288. The first-order valence-electron chi connectivity index (χ1n) is 24.5. The third kappa shape index (κ3) is 13.3. The summed E-state index contributed by atoms with van der Waals surface area (Å²) in [5.41, 5.74) is -2.54. The molecule has 1 aliphatic carbocycles. The molecule has 17 nitrogen and oxygen atoms in total. The maximum absolute atomic E-state index is 14.7. The number of hydrogen-bond donors (Lipinski definition) is 4. The Kier molecular flexibility index (Phi) is 18.7. The fourth-order valence-electron chi connectivity index (χ4n) is 11.3. The number of Topliss-reactive ketones (excluding diaryl/α,β-unsaturated/α-hetero) is 1. The number of halogens is 1. The number of aliphatic hydroxyl groups excluding tert-OH is 2. The van der Waals surface area contributed by atoms with Crippen LogP contribution >= 0.6 is 0 Å². The number of benzene rings is 1. The quantitative estimate of drug-likeness (QED) is 0.158. The number of hydrogen-bond acceptors (Lipinski definition) is 15. The van der Waals surface area contributed by atoms with Crippen molar-refractivity contribution in [2.45, 2.75) is 179 Å². The van der Waals surface area contributed by atoms with Crippen LogP contribution in [0.3, 0.4) is 0 Å². The molecule has 2 bridgehead atoms. The first kappa shape index (κ1) is 56.4. The van der Waals surface area contributed by atoms with Crippen LogP contribution in [0.25, 0.3) is 0 Å². The van der Waals surface area contributed by atoms with Crippen LogP contribution in [0.1, 0.15) is 125 Å². The summed E-state index contributed by atoms with van der Waals surface area (Å²) in [6.45, 7) is 14.5. The van der Waals surface area contributed by atoms with E-state index in [-0.39, 0.29) is 49.8 Å². The highest BCUT2D eigenvalue weighted by Gasteiger charge is 2.53. The molecule has 1 aromatic heterocycles. The highest BCUT2D eigenvalue weighted by atomic mass is 32.2. The number of fused-ring (bicyclic) bond motifs is 5. The first-order valence-corrected chi connectivity index (χ1v) is 26.4. The van der Waals surface area contributed by atoms with Gasteiger partial charge < -0.3 is 39.5 Å². The summed E-state index contributed by atoms with van der Waals surface area (Å²) < 4.78 is 59.0. The SMILES string of the molecule is CC[C@H]1OC(=O)[C@H](C)C(=O)[C@H](C)[C@@H](O[C@@H]2O[C@H](C)C[C@H](N(C)CCc3cn([C@H](CF)Cc4ccc(S(C)(=O)=O)cc4)nn3)[C@H]2O)[C@]2(C)CCC(O)(CO)CC[C@H]([C@@H](C)/C(=N/C(C)=O)[C@H](C)C2)[C@]1(C)O. The molecule has 19 heteroatoms. The van der Waals surface area contributed by atoms with Gasteiger partial charge in [-0.2, -0.15) is 0 Å². The lowest BCUT2D eigenvalue weighted by Gasteiger charge is -2.48. The Morgan fingerprint density at radius 2 is 1.74 bits per heavy atom. The average Bonchev–Trinajstić information content (AvgIpc) is 3.77. The number of esters is 1. The monoisotopic (exact) mass is 992 g/mol. The number of amides is 1. The predicted octanol–water partition coefficient (Wildman–Crippen LogP) is 4.66. The van der Waals surface area contributed by atoms with Crippen LogP contribution in [0, 0.1) is 35.0 Å². The number of nitrogens with zero attached hydrogens (tertiary/aromatic N) is 5. The molecule has 0 spiro atoms. The van der Waals surface area contributed by atoms with Crippen LogP contribution in [0.2, 0.25) is 0 Å². The van der Waals surface area contributed by atoms with Gasteiger partial charge in [-0.1, -0.05) is 52.0 Å². The van der Waals surface area contributed by atoms with E-state index in [2.05, 4.69) is 15.3 Å². The van der Waals surface area contributed by atoms with Crippen molar-refractivity contribution < 1.29 is 61.8 Å². The molecule has 1 amide bonds. The summed E-state index contributed by atoms with van der Waals surface area (Å²) in [5, 5.41) is 56.0. The van der Waals surface area contributed by atoms with Gasteiger partial charge in [-0.25, -0.2) is 22.5 Å². The van der Waals surface area contributed by atoms with Gasteiger partial charge in [-0.05, 0) is 114 Å². The van der Waals surface area contributed by atoms with E-state index >= 15 is 0 Å². The van der Waals surface area contributed by atoms with E-state index < -0.39 is 130 Å². The number of likely N-dealkylation sites (N-methyl/N-ethyl adjacent to an activating group) is 1. The molecule has 1 aromatic carbocycles. The van der Waals surface area contributed by atoms with Gasteiger partial charge in [0.15, 0.2) is 21.9 Å². The van der Waals surface area contributed by atoms with Crippen molar-refractivity contribution in [3.05, 3.63) is 41.7 Å². The highest BCUT2D eigenvalue weighted by molar-refractivity contribution is 7.90. The predicted molar refractivity (Wildman–Crippen MR) is 256 cm³/mol. The molecule has 69 heavy (non-hydrogen) atoms. The van der Waals surface area contributed by atoms with Crippen LogP contribution in [-0.2, 0) is 51.3 Å². The summed E-state index contributed by atoms with van der Waals surface area (Å²) in [6.07, 6.45) is -0.223. The number of carbonyl (C=O) groups is 3. The minimum Gasteiger partial charge on any atom is -0.459 e. The number of sulfone groups is 1. The molecule has 4 N–H and O–H groups in total. The zero-order chi connectivity index (χ0) is 51.4. The molecule has 0 radical (unpaired) electrons. The van der Waals surface area contributed by atoms with Crippen molar-refractivity contribution in [2.75, 3.05) is 33.1 Å². The van der Waals surface area contributed by atoms with Gasteiger partial charge in [-0.3, -0.25) is 14.4 Å². The lowest BCUT2D eigenvalue weighted by Crippen LogP contribution is -2.58. The number of carbonyl (C=O) groups excluding carboxylic acids is 3. The molecule has 15 atom stereocenters. The Hall–Kier alpha value is -3.56. The topological polar surface area (TPSA) is 240 Å².